The van der Waals surface area contributed by atoms with Crippen molar-refractivity contribution in [2.45, 2.75) is 25.4 Å². The van der Waals surface area contributed by atoms with Gasteiger partial charge in [0.2, 0.25) is 0 Å². The highest BCUT2D eigenvalue weighted by atomic mass is 32.2. The van der Waals surface area contributed by atoms with Crippen molar-refractivity contribution < 1.29 is 33.7 Å². The third-order valence-corrected chi connectivity index (χ3v) is 6.95. The number of ether oxygens (including phenoxy) is 3. The lowest BCUT2D eigenvalue weighted by Gasteiger charge is -2.39. The molecule has 2 heterocycles. The molecule has 2 N–H and O–H groups in total. The summed E-state index contributed by atoms with van der Waals surface area (Å²) in [5.74, 6) is -0.715. The van der Waals surface area contributed by atoms with Crippen molar-refractivity contribution in [3.63, 3.8) is 0 Å². The minimum absolute atomic E-state index is 0.208. The average Bonchev–Trinajstić information content (AvgIpc) is 3.20. The van der Waals surface area contributed by atoms with Gasteiger partial charge in [-0.15, -0.1) is 0 Å². The summed E-state index contributed by atoms with van der Waals surface area (Å²) >= 11 is 1.35. The van der Waals surface area contributed by atoms with Gasteiger partial charge < -0.3 is 24.6 Å². The number of rotatable bonds is 10. The molecule has 2 aliphatic heterocycles. The molecular formula is C28H28N2O7S. The first-order chi connectivity index (χ1) is 18.3. The molecule has 0 spiro atoms. The molecule has 10 heteroatoms. The van der Waals surface area contributed by atoms with Crippen LogP contribution in [0.1, 0.15) is 31.0 Å². The molecule has 2 aromatic carbocycles. The Balaban J connectivity index is 1.65. The monoisotopic (exact) mass is 536 g/mol. The largest absolute Gasteiger partial charge is 0.490 e. The third kappa shape index (κ3) is 5.86. The van der Waals surface area contributed by atoms with Crippen molar-refractivity contribution in [1.82, 2.24) is 10.2 Å². The second kappa shape index (κ2) is 11.9. The molecular weight excluding hydrogens is 508 g/mol. The predicted molar refractivity (Wildman–Crippen MR) is 143 cm³/mol. The van der Waals surface area contributed by atoms with Crippen molar-refractivity contribution in [1.29, 1.82) is 0 Å². The minimum Gasteiger partial charge on any atom is -0.490 e. The van der Waals surface area contributed by atoms with Crippen molar-refractivity contribution in [2.24, 2.45) is 0 Å². The molecule has 198 valence electrons. The van der Waals surface area contributed by atoms with Crippen molar-refractivity contribution in [2.75, 3.05) is 19.8 Å². The summed E-state index contributed by atoms with van der Waals surface area (Å²) < 4.78 is 16.1. The van der Waals surface area contributed by atoms with Gasteiger partial charge in [0.05, 0.1) is 23.1 Å². The molecule has 9 nitrogen and oxygen atoms in total. The number of fused-ring (bicyclic) bond motifs is 1. The van der Waals surface area contributed by atoms with E-state index in [0.717, 1.165) is 11.1 Å². The Bertz CT molecular complexity index is 1290. The maximum Gasteiger partial charge on any atom is 0.341 e. The molecule has 0 bridgehead atoms. The van der Waals surface area contributed by atoms with E-state index in [-0.39, 0.29) is 12.5 Å². The van der Waals surface area contributed by atoms with E-state index in [1.807, 2.05) is 12.1 Å². The van der Waals surface area contributed by atoms with Crippen LogP contribution in [0, 0.1) is 0 Å². The predicted octanol–water partition coefficient (Wildman–Crippen LogP) is 4.10. The number of carboxylic acids is 1. The molecule has 38 heavy (non-hydrogen) atoms. The van der Waals surface area contributed by atoms with Crippen LogP contribution in [0.2, 0.25) is 0 Å². The van der Waals surface area contributed by atoms with Crippen LogP contribution in [0.4, 0.5) is 0 Å². The maximum absolute atomic E-state index is 13.7. The molecule has 1 fully saturated rings. The normalized spacial score (nSPS) is 19.6. The van der Waals surface area contributed by atoms with Gasteiger partial charge in [0.25, 0.3) is 5.91 Å². The number of hydrogen-bond donors (Lipinski definition) is 2. The SMILES string of the molecule is C=CCOc1ccc([C@@H]2C(C(=O)OCC)=C(C)N[C@@H]3S/C(=C\c4ccc(OCC(=O)O)cc4)C(=O)N32)cc1. The highest BCUT2D eigenvalue weighted by molar-refractivity contribution is 8.05. The number of thioether (sulfide) groups is 1. The van der Waals surface area contributed by atoms with Gasteiger partial charge >= 0.3 is 11.9 Å². The zero-order valence-electron chi connectivity index (χ0n) is 21.0. The molecule has 0 aromatic heterocycles. The molecule has 1 amide bonds. The van der Waals surface area contributed by atoms with E-state index in [2.05, 4.69) is 11.9 Å². The Morgan fingerprint density at radius 3 is 2.39 bits per heavy atom. The molecule has 0 radical (unpaired) electrons. The Kier molecular flexibility index (Phi) is 8.42. The summed E-state index contributed by atoms with van der Waals surface area (Å²) in [5.41, 5.74) is 2.09. The number of allylic oxidation sites excluding steroid dienone is 1. The minimum atomic E-state index is -1.06. The lowest BCUT2D eigenvalue weighted by Crippen LogP contribution is -2.49. The fraction of sp³-hybridized carbons (Fsp3) is 0.250. The Morgan fingerprint density at radius 2 is 1.76 bits per heavy atom. The van der Waals surface area contributed by atoms with Gasteiger partial charge in [-0.05, 0) is 55.3 Å². The summed E-state index contributed by atoms with van der Waals surface area (Å²) in [4.78, 5) is 39.6. The fourth-order valence-electron chi connectivity index (χ4n) is 4.17. The summed E-state index contributed by atoms with van der Waals surface area (Å²) in [5, 5.41) is 12.1. The first kappa shape index (κ1) is 26.9. The molecule has 0 unspecified atom stereocenters. The summed E-state index contributed by atoms with van der Waals surface area (Å²) in [7, 11) is 0. The van der Waals surface area contributed by atoms with E-state index in [1.54, 1.807) is 67.3 Å². The summed E-state index contributed by atoms with van der Waals surface area (Å²) in [6, 6.07) is 13.4. The Morgan fingerprint density at radius 1 is 1.11 bits per heavy atom. The standard InChI is InChI=1S/C28H28N2O7S/c1-4-14-36-20-12-8-19(9-13-20)25-24(27(34)35-5-2)17(3)29-28-30(25)26(33)22(38-28)15-18-6-10-21(11-7-18)37-16-23(31)32/h4,6-13,15,25,28-29H,1,5,14,16H2,2-3H3,(H,31,32)/b22-15-/t25-,28+/m1/s1. The van der Waals surface area contributed by atoms with Gasteiger partial charge in [-0.25, -0.2) is 9.59 Å². The number of benzene rings is 2. The number of nitrogens with one attached hydrogen (secondary N) is 1. The number of hydrogen-bond acceptors (Lipinski definition) is 8. The van der Waals surface area contributed by atoms with Crippen LogP contribution in [-0.4, -0.2) is 53.2 Å². The molecule has 0 saturated carbocycles. The fourth-order valence-corrected chi connectivity index (χ4v) is 5.39. The Hall–Kier alpha value is -4.18. The van der Waals surface area contributed by atoms with E-state index >= 15 is 0 Å². The zero-order chi connectivity index (χ0) is 27.2. The van der Waals surface area contributed by atoms with Crippen molar-refractivity contribution in [3.05, 3.63) is 88.5 Å². The number of carbonyl (C=O) groups is 3. The number of carboxylic acid groups (broad SMARTS) is 1. The molecule has 2 aliphatic rings. The first-order valence-corrected chi connectivity index (χ1v) is 12.8. The van der Waals surface area contributed by atoms with Crippen LogP contribution < -0.4 is 14.8 Å². The zero-order valence-corrected chi connectivity index (χ0v) is 21.8. The van der Waals surface area contributed by atoms with Crippen molar-refractivity contribution in [3.8, 4) is 11.5 Å². The topological polar surface area (TPSA) is 114 Å². The average molecular weight is 537 g/mol. The van der Waals surface area contributed by atoms with E-state index in [9.17, 15) is 14.4 Å². The molecule has 1 saturated heterocycles. The van der Waals surface area contributed by atoms with E-state index < -0.39 is 30.1 Å². The first-order valence-electron chi connectivity index (χ1n) is 12.0. The molecule has 4 rings (SSSR count). The highest BCUT2D eigenvalue weighted by Gasteiger charge is 2.47. The van der Waals surface area contributed by atoms with Crippen LogP contribution >= 0.6 is 11.8 Å². The van der Waals surface area contributed by atoms with Gasteiger partial charge in [-0.3, -0.25) is 9.69 Å². The molecule has 2 atom stereocenters. The smallest absolute Gasteiger partial charge is 0.341 e. The Labute approximate surface area is 224 Å². The van der Waals surface area contributed by atoms with E-state index in [1.165, 1.54) is 11.8 Å². The lowest BCUT2D eigenvalue weighted by molar-refractivity contribution is -0.141. The maximum atomic E-state index is 13.7. The van der Waals surface area contributed by atoms with Crippen molar-refractivity contribution >= 4 is 35.7 Å². The third-order valence-electron chi connectivity index (χ3n) is 5.83. The summed E-state index contributed by atoms with van der Waals surface area (Å²) in [6.07, 6.45) is 3.41. The van der Waals surface area contributed by atoms with Crippen LogP contribution in [0.3, 0.4) is 0 Å². The van der Waals surface area contributed by atoms with Gasteiger partial charge in [0, 0.05) is 5.70 Å². The molecule has 0 aliphatic carbocycles. The number of aliphatic carboxylic acids is 1. The van der Waals surface area contributed by atoms with Crippen LogP contribution in [0.15, 0.2) is 77.4 Å². The van der Waals surface area contributed by atoms with E-state index in [4.69, 9.17) is 19.3 Å². The second-order valence-corrected chi connectivity index (χ2v) is 9.54. The second-order valence-electron chi connectivity index (χ2n) is 8.42. The lowest BCUT2D eigenvalue weighted by atomic mass is 9.93. The van der Waals surface area contributed by atoms with Crippen LogP contribution in [-0.2, 0) is 19.1 Å². The summed E-state index contributed by atoms with van der Waals surface area (Å²) in [6.45, 7) is 7.34. The van der Waals surface area contributed by atoms with Gasteiger partial charge in [-0.2, -0.15) is 0 Å². The number of esters is 1. The van der Waals surface area contributed by atoms with Crippen LogP contribution in [0.25, 0.3) is 6.08 Å². The van der Waals surface area contributed by atoms with Gasteiger partial charge in [0.15, 0.2) is 12.1 Å². The van der Waals surface area contributed by atoms with Gasteiger partial charge in [0.1, 0.15) is 18.1 Å². The van der Waals surface area contributed by atoms with E-state index in [0.29, 0.717) is 34.3 Å². The quantitative estimate of drug-likeness (QED) is 0.263. The number of nitrogens with zero attached hydrogens (tertiary/aromatic N) is 1. The van der Waals surface area contributed by atoms with Gasteiger partial charge in [-0.1, -0.05) is 48.7 Å². The highest BCUT2D eigenvalue weighted by Crippen LogP contribution is 2.46. The number of amides is 1. The number of carbonyl (C=O) groups excluding carboxylic acids is 2. The molecule has 2 aromatic rings. The van der Waals surface area contributed by atoms with Crippen LogP contribution in [0.5, 0.6) is 11.5 Å².